The molecule has 0 N–H and O–H groups in total. The number of Topliss-reactive ketones (excluding diaryl/α,β-unsaturated/α-hetero) is 1. The van der Waals surface area contributed by atoms with Gasteiger partial charge in [0.15, 0.2) is 5.78 Å². The van der Waals surface area contributed by atoms with Gasteiger partial charge in [0.2, 0.25) is 0 Å². The van der Waals surface area contributed by atoms with Gasteiger partial charge in [0.25, 0.3) is 0 Å². The number of nitrogens with zero attached hydrogens (tertiary/aromatic N) is 4. The van der Waals surface area contributed by atoms with Crippen molar-refractivity contribution >= 4 is 5.78 Å². The van der Waals surface area contributed by atoms with Crippen LogP contribution in [0.4, 0.5) is 0 Å². The van der Waals surface area contributed by atoms with Gasteiger partial charge in [-0.3, -0.25) is 9.78 Å². The molecule has 0 aromatic carbocycles. The fraction of sp³-hybridized carbons (Fsp3) is 0.500. The van der Waals surface area contributed by atoms with E-state index in [-0.39, 0.29) is 16.6 Å². The van der Waals surface area contributed by atoms with Gasteiger partial charge in [-0.05, 0) is 63.4 Å². The van der Waals surface area contributed by atoms with E-state index in [9.17, 15) is 4.79 Å². The second-order valence-electron chi connectivity index (χ2n) is 8.20. The van der Waals surface area contributed by atoms with Crippen LogP contribution in [0.3, 0.4) is 0 Å². The number of fused-ring (bicyclic) bond motifs is 2. The number of aryl methyl sites for hydroxylation is 2. The van der Waals surface area contributed by atoms with Crippen molar-refractivity contribution in [3.8, 4) is 11.8 Å². The van der Waals surface area contributed by atoms with Crippen molar-refractivity contribution in [1.29, 1.82) is 0 Å². The van der Waals surface area contributed by atoms with E-state index in [1.54, 1.807) is 18.6 Å². The minimum Gasteiger partial charge on any atom is -0.292 e. The summed E-state index contributed by atoms with van der Waals surface area (Å²) >= 11 is 0. The summed E-state index contributed by atoms with van der Waals surface area (Å²) < 4.78 is 0. The molecule has 2 bridgehead atoms. The van der Waals surface area contributed by atoms with E-state index in [1.165, 1.54) is 0 Å². The molecule has 4 rings (SSSR count). The van der Waals surface area contributed by atoms with E-state index < -0.39 is 0 Å². The molecule has 2 fully saturated rings. The summed E-state index contributed by atoms with van der Waals surface area (Å²) in [6, 6.07) is 1.86. The van der Waals surface area contributed by atoms with E-state index in [0.717, 1.165) is 55.7 Å². The Morgan fingerprint density at radius 3 is 2.85 bits per heavy atom. The summed E-state index contributed by atoms with van der Waals surface area (Å²) in [6.45, 7) is 3.75. The molecule has 2 saturated carbocycles. The van der Waals surface area contributed by atoms with E-state index in [0.29, 0.717) is 12.1 Å². The monoisotopic (exact) mass is 360 g/mol. The summed E-state index contributed by atoms with van der Waals surface area (Å²) in [5.41, 5.74) is 2.15. The molecule has 2 aliphatic rings. The van der Waals surface area contributed by atoms with Gasteiger partial charge in [0.1, 0.15) is 17.2 Å². The minimum absolute atomic E-state index is 0.0235. The second kappa shape index (κ2) is 6.84. The Morgan fingerprint density at radius 2 is 2.04 bits per heavy atom. The second-order valence-corrected chi connectivity index (χ2v) is 8.20. The van der Waals surface area contributed by atoms with Crippen LogP contribution in [0.2, 0.25) is 0 Å². The first-order valence-electron chi connectivity index (χ1n) is 9.62. The minimum atomic E-state index is 0.0235. The number of carbonyl (C=O) groups is 1. The van der Waals surface area contributed by atoms with Crippen molar-refractivity contribution in [1.82, 2.24) is 19.9 Å². The molecule has 0 radical (unpaired) electrons. The molecule has 2 aliphatic carbocycles. The number of hydrogen-bond donors (Lipinski definition) is 0. The number of carbonyl (C=O) groups excluding carboxylic acids is 1. The fourth-order valence-corrected chi connectivity index (χ4v) is 4.79. The highest BCUT2D eigenvalue weighted by Gasteiger charge is 2.51. The third kappa shape index (κ3) is 3.75. The lowest BCUT2D eigenvalue weighted by Crippen LogP contribution is -2.29. The third-order valence-corrected chi connectivity index (χ3v) is 6.02. The predicted octanol–water partition coefficient (Wildman–Crippen LogP) is 3.85. The Hall–Kier alpha value is -2.61. The zero-order valence-electron chi connectivity index (χ0n) is 16.0. The number of hydrogen-bond acceptors (Lipinski definition) is 5. The molecule has 2 unspecified atom stereocenters. The maximum Gasteiger partial charge on any atom is 0.183 e. The Bertz CT molecular complexity index is 945. The summed E-state index contributed by atoms with van der Waals surface area (Å²) in [4.78, 5) is 29.8. The standard InChI is InChI=1S/C22H24N4O/c1-16-13-23-14-19(25-16)20(27)12-22-7-3-6-21(15-22,9-10-22)8-4-18-5-11-24-17(2)26-18/h5,11,13-14H,3,6-7,9-10,12,15H2,1-2H3. The van der Waals surface area contributed by atoms with Crippen LogP contribution >= 0.6 is 0 Å². The maximum atomic E-state index is 12.8. The van der Waals surface area contributed by atoms with E-state index in [4.69, 9.17) is 0 Å². The first-order valence-corrected chi connectivity index (χ1v) is 9.62. The number of ketones is 1. The van der Waals surface area contributed by atoms with Crippen LogP contribution in [0.5, 0.6) is 0 Å². The van der Waals surface area contributed by atoms with E-state index in [2.05, 4.69) is 31.8 Å². The molecular weight excluding hydrogens is 336 g/mol. The summed E-state index contributed by atoms with van der Waals surface area (Å²) in [6.07, 6.45) is 12.1. The summed E-state index contributed by atoms with van der Waals surface area (Å²) in [5, 5.41) is 0. The zero-order valence-corrected chi connectivity index (χ0v) is 16.0. The largest absolute Gasteiger partial charge is 0.292 e. The highest BCUT2D eigenvalue weighted by molar-refractivity contribution is 5.94. The first-order chi connectivity index (χ1) is 13.0. The van der Waals surface area contributed by atoms with Crippen molar-refractivity contribution in [3.05, 3.63) is 47.6 Å². The van der Waals surface area contributed by atoms with Crippen molar-refractivity contribution in [2.75, 3.05) is 0 Å². The Balaban J connectivity index is 1.52. The molecule has 0 aliphatic heterocycles. The predicted molar refractivity (Wildman–Crippen MR) is 102 cm³/mol. The van der Waals surface area contributed by atoms with E-state index in [1.807, 2.05) is 19.9 Å². The van der Waals surface area contributed by atoms with Gasteiger partial charge < -0.3 is 0 Å². The molecule has 27 heavy (non-hydrogen) atoms. The molecule has 2 aromatic rings. The van der Waals surface area contributed by atoms with Crippen molar-refractivity contribution in [3.63, 3.8) is 0 Å². The van der Waals surface area contributed by atoms with Crippen molar-refractivity contribution in [2.24, 2.45) is 10.8 Å². The summed E-state index contributed by atoms with van der Waals surface area (Å²) in [5.74, 6) is 7.67. The van der Waals surface area contributed by atoms with Crippen molar-refractivity contribution < 1.29 is 4.79 Å². The number of rotatable bonds is 3. The third-order valence-electron chi connectivity index (χ3n) is 6.02. The van der Waals surface area contributed by atoms with Crippen LogP contribution in [-0.4, -0.2) is 25.7 Å². The smallest absolute Gasteiger partial charge is 0.183 e. The lowest BCUT2D eigenvalue weighted by molar-refractivity contribution is 0.0856. The lowest BCUT2D eigenvalue weighted by Gasteiger charge is -2.36. The fourth-order valence-electron chi connectivity index (χ4n) is 4.79. The SMILES string of the molecule is Cc1cncc(C(=O)CC23CCCC(C#Cc4ccnc(C)n4)(CC2)C3)n1. The zero-order chi connectivity index (χ0) is 18.9. The Morgan fingerprint density at radius 1 is 1.15 bits per heavy atom. The molecule has 5 heteroatoms. The normalized spacial score (nSPS) is 26.3. The topological polar surface area (TPSA) is 68.6 Å². The molecule has 5 nitrogen and oxygen atoms in total. The van der Waals surface area contributed by atoms with Gasteiger partial charge in [0, 0.05) is 24.2 Å². The van der Waals surface area contributed by atoms with Gasteiger partial charge in [-0.15, -0.1) is 0 Å². The Kier molecular flexibility index (Phi) is 4.51. The van der Waals surface area contributed by atoms with Gasteiger partial charge in [0.05, 0.1) is 11.9 Å². The van der Waals surface area contributed by atoms with E-state index >= 15 is 0 Å². The highest BCUT2D eigenvalue weighted by atomic mass is 16.1. The van der Waals surface area contributed by atoms with Crippen LogP contribution in [0.15, 0.2) is 24.7 Å². The van der Waals surface area contributed by atoms with Gasteiger partial charge in [-0.1, -0.05) is 12.3 Å². The lowest BCUT2D eigenvalue weighted by atomic mass is 9.67. The molecule has 0 saturated heterocycles. The quantitative estimate of drug-likeness (QED) is 0.614. The molecule has 2 aromatic heterocycles. The van der Waals surface area contributed by atoms with Crippen LogP contribution in [0.1, 0.15) is 72.6 Å². The van der Waals surface area contributed by atoms with Crippen LogP contribution < -0.4 is 0 Å². The number of aromatic nitrogens is 4. The highest BCUT2D eigenvalue weighted by Crippen LogP contribution is 2.60. The molecule has 2 atom stereocenters. The molecule has 0 spiro atoms. The van der Waals surface area contributed by atoms with Crippen LogP contribution in [0.25, 0.3) is 0 Å². The summed E-state index contributed by atoms with van der Waals surface area (Å²) in [7, 11) is 0. The van der Waals surface area contributed by atoms with Gasteiger partial charge in [-0.25, -0.2) is 15.0 Å². The van der Waals surface area contributed by atoms with Crippen molar-refractivity contribution in [2.45, 2.75) is 58.8 Å². The van der Waals surface area contributed by atoms with Crippen LogP contribution in [0, 0.1) is 36.5 Å². The van der Waals surface area contributed by atoms with Crippen LogP contribution in [-0.2, 0) is 0 Å². The molecule has 2 heterocycles. The average molecular weight is 360 g/mol. The molecule has 0 amide bonds. The van der Waals surface area contributed by atoms with Gasteiger partial charge in [-0.2, -0.15) is 0 Å². The molecule has 138 valence electrons. The molecular formula is C22H24N4O. The van der Waals surface area contributed by atoms with Gasteiger partial charge >= 0.3 is 0 Å². The first kappa shape index (κ1) is 17.8. The Labute approximate surface area is 160 Å². The average Bonchev–Trinajstić information content (AvgIpc) is 2.90. The maximum absolute atomic E-state index is 12.8.